The van der Waals surface area contributed by atoms with Gasteiger partial charge in [-0.1, -0.05) is 46.9 Å². The molecule has 2 aromatic carbocycles. The van der Waals surface area contributed by atoms with E-state index in [2.05, 4.69) is 22.8 Å². The maximum absolute atomic E-state index is 13.1. The number of halogens is 3. The standard InChI is InChI=1S/C24H28Cl3N3O/c1-17-5-6-19(25)15-23(17)29-11-13-30(14-12-29)24(31)18-7-9-28(10-8-18)16-20-21(26)3-2-4-22(20)27/h2-6,15,18H,7-14,16H2,1H3. The Morgan fingerprint density at radius 2 is 1.58 bits per heavy atom. The lowest BCUT2D eigenvalue weighted by Crippen LogP contribution is -2.51. The molecule has 2 saturated heterocycles. The molecule has 2 aliphatic heterocycles. The average molecular weight is 481 g/mol. The van der Waals surface area contributed by atoms with E-state index in [0.29, 0.717) is 16.0 Å². The van der Waals surface area contributed by atoms with Crippen LogP contribution < -0.4 is 4.90 Å². The molecule has 0 radical (unpaired) electrons. The van der Waals surface area contributed by atoms with Crippen LogP contribution in [-0.2, 0) is 11.3 Å². The Hall–Kier alpha value is -1.46. The van der Waals surface area contributed by atoms with Gasteiger partial charge in [0.1, 0.15) is 0 Å². The number of nitrogens with zero attached hydrogens (tertiary/aromatic N) is 3. The second-order valence-corrected chi connectivity index (χ2v) is 9.74. The van der Waals surface area contributed by atoms with Gasteiger partial charge in [-0.05, 0) is 62.7 Å². The molecule has 0 spiro atoms. The minimum absolute atomic E-state index is 0.109. The highest BCUT2D eigenvalue weighted by Gasteiger charge is 2.31. The van der Waals surface area contributed by atoms with Crippen molar-refractivity contribution in [2.45, 2.75) is 26.3 Å². The topological polar surface area (TPSA) is 26.8 Å². The predicted octanol–water partition coefficient (Wildman–Crippen LogP) is 5.52. The van der Waals surface area contributed by atoms with Crippen molar-refractivity contribution in [3.8, 4) is 0 Å². The molecule has 0 bridgehead atoms. The zero-order valence-corrected chi connectivity index (χ0v) is 20.1. The number of anilines is 1. The minimum atomic E-state index is 0.109. The summed E-state index contributed by atoms with van der Waals surface area (Å²) in [6.07, 6.45) is 1.77. The first kappa shape index (κ1) is 22.7. The molecule has 166 valence electrons. The van der Waals surface area contributed by atoms with Crippen molar-refractivity contribution in [3.05, 3.63) is 62.6 Å². The summed E-state index contributed by atoms with van der Waals surface area (Å²) in [5.41, 5.74) is 3.37. The fraction of sp³-hybridized carbons (Fsp3) is 0.458. The Kier molecular flexibility index (Phi) is 7.33. The third-order valence-electron chi connectivity index (χ3n) is 6.48. The molecule has 2 fully saturated rings. The van der Waals surface area contributed by atoms with E-state index in [-0.39, 0.29) is 5.92 Å². The van der Waals surface area contributed by atoms with Gasteiger partial charge in [-0.25, -0.2) is 0 Å². The quantitative estimate of drug-likeness (QED) is 0.577. The largest absolute Gasteiger partial charge is 0.368 e. The van der Waals surface area contributed by atoms with Crippen LogP contribution in [0, 0.1) is 12.8 Å². The Bertz CT molecular complexity index is 915. The van der Waals surface area contributed by atoms with Crippen molar-refractivity contribution in [1.82, 2.24) is 9.80 Å². The van der Waals surface area contributed by atoms with Gasteiger partial charge in [0.25, 0.3) is 0 Å². The number of piperazine rings is 1. The molecule has 0 N–H and O–H groups in total. The summed E-state index contributed by atoms with van der Waals surface area (Å²) in [6.45, 7) is 7.83. The van der Waals surface area contributed by atoms with Crippen molar-refractivity contribution < 1.29 is 4.79 Å². The first-order valence-electron chi connectivity index (χ1n) is 10.9. The molecule has 1 amide bonds. The van der Waals surface area contributed by atoms with Crippen molar-refractivity contribution in [2.24, 2.45) is 5.92 Å². The summed E-state index contributed by atoms with van der Waals surface area (Å²) in [5.74, 6) is 0.412. The highest BCUT2D eigenvalue weighted by Crippen LogP contribution is 2.29. The molecule has 0 aromatic heterocycles. The second kappa shape index (κ2) is 9.99. The number of aryl methyl sites for hydroxylation is 1. The van der Waals surface area contributed by atoms with Gasteiger partial charge >= 0.3 is 0 Å². The lowest BCUT2D eigenvalue weighted by Gasteiger charge is -2.40. The third kappa shape index (κ3) is 5.31. The highest BCUT2D eigenvalue weighted by atomic mass is 35.5. The molecule has 0 aliphatic carbocycles. The number of hydrogen-bond donors (Lipinski definition) is 0. The van der Waals surface area contributed by atoms with Gasteiger partial charge in [-0.3, -0.25) is 9.69 Å². The summed E-state index contributed by atoms with van der Waals surface area (Å²) in [6, 6.07) is 11.6. The van der Waals surface area contributed by atoms with E-state index in [4.69, 9.17) is 34.8 Å². The van der Waals surface area contributed by atoms with Gasteiger partial charge in [0.15, 0.2) is 0 Å². The molecular formula is C24H28Cl3N3O. The number of amides is 1. The minimum Gasteiger partial charge on any atom is -0.368 e. The molecule has 2 aliphatic rings. The summed E-state index contributed by atoms with van der Waals surface area (Å²) in [4.78, 5) is 19.8. The van der Waals surface area contributed by atoms with E-state index in [1.807, 2.05) is 35.2 Å². The van der Waals surface area contributed by atoms with Gasteiger partial charge in [0.05, 0.1) is 0 Å². The zero-order chi connectivity index (χ0) is 22.0. The molecule has 0 unspecified atom stereocenters. The van der Waals surface area contributed by atoms with Crippen molar-refractivity contribution in [2.75, 3.05) is 44.2 Å². The number of hydrogen-bond acceptors (Lipinski definition) is 3. The SMILES string of the molecule is Cc1ccc(Cl)cc1N1CCN(C(=O)C2CCN(Cc3c(Cl)cccc3Cl)CC2)CC1. The van der Waals surface area contributed by atoms with Crippen LogP contribution in [0.5, 0.6) is 0 Å². The van der Waals surface area contributed by atoms with Gasteiger partial charge in [0.2, 0.25) is 5.91 Å². The number of carbonyl (C=O) groups excluding carboxylic acids is 1. The molecule has 2 aromatic rings. The highest BCUT2D eigenvalue weighted by molar-refractivity contribution is 6.36. The fourth-order valence-electron chi connectivity index (χ4n) is 4.59. The van der Waals surface area contributed by atoms with Gasteiger partial charge in [-0.15, -0.1) is 0 Å². The first-order valence-corrected chi connectivity index (χ1v) is 12.0. The monoisotopic (exact) mass is 479 g/mol. The lowest BCUT2D eigenvalue weighted by atomic mass is 9.94. The van der Waals surface area contributed by atoms with Crippen LogP contribution in [0.1, 0.15) is 24.0 Å². The van der Waals surface area contributed by atoms with Gasteiger partial charge in [0, 0.05) is 65.0 Å². The molecule has 31 heavy (non-hydrogen) atoms. The van der Waals surface area contributed by atoms with Crippen LogP contribution in [0.4, 0.5) is 5.69 Å². The summed E-state index contributed by atoms with van der Waals surface area (Å²) >= 11 is 18.8. The lowest BCUT2D eigenvalue weighted by molar-refractivity contribution is -0.137. The normalized spacial score (nSPS) is 18.5. The van der Waals surface area contributed by atoms with Crippen LogP contribution in [0.3, 0.4) is 0 Å². The molecular weight excluding hydrogens is 453 g/mol. The number of piperidine rings is 1. The van der Waals surface area contributed by atoms with Crippen molar-refractivity contribution in [3.63, 3.8) is 0 Å². The predicted molar refractivity (Wildman–Crippen MR) is 129 cm³/mol. The number of carbonyl (C=O) groups is 1. The molecule has 2 heterocycles. The Morgan fingerprint density at radius 3 is 2.23 bits per heavy atom. The zero-order valence-electron chi connectivity index (χ0n) is 17.8. The summed E-state index contributed by atoms with van der Waals surface area (Å²) in [7, 11) is 0. The molecule has 4 nitrogen and oxygen atoms in total. The van der Waals surface area contributed by atoms with E-state index in [1.165, 1.54) is 11.3 Å². The maximum Gasteiger partial charge on any atom is 0.225 e. The Morgan fingerprint density at radius 1 is 0.935 bits per heavy atom. The van der Waals surface area contributed by atoms with E-state index in [1.54, 1.807) is 0 Å². The number of benzene rings is 2. The fourth-order valence-corrected chi connectivity index (χ4v) is 5.28. The smallest absolute Gasteiger partial charge is 0.225 e. The third-order valence-corrected chi connectivity index (χ3v) is 7.43. The van der Waals surface area contributed by atoms with E-state index in [9.17, 15) is 4.79 Å². The molecule has 0 atom stereocenters. The van der Waals surface area contributed by atoms with E-state index < -0.39 is 0 Å². The average Bonchev–Trinajstić information content (AvgIpc) is 2.78. The van der Waals surface area contributed by atoms with E-state index in [0.717, 1.165) is 69.2 Å². The Labute approximate surface area is 199 Å². The van der Waals surface area contributed by atoms with E-state index >= 15 is 0 Å². The molecule has 7 heteroatoms. The number of likely N-dealkylation sites (tertiary alicyclic amines) is 1. The van der Waals surface area contributed by atoms with Crippen LogP contribution in [0.2, 0.25) is 15.1 Å². The molecule has 0 saturated carbocycles. The van der Waals surface area contributed by atoms with Gasteiger partial charge in [-0.2, -0.15) is 0 Å². The van der Waals surface area contributed by atoms with Gasteiger partial charge < -0.3 is 9.80 Å². The summed E-state index contributed by atoms with van der Waals surface area (Å²) < 4.78 is 0. The first-order chi connectivity index (χ1) is 14.9. The van der Waals surface area contributed by atoms with Crippen molar-refractivity contribution in [1.29, 1.82) is 0 Å². The van der Waals surface area contributed by atoms with Crippen molar-refractivity contribution >= 4 is 46.4 Å². The van der Waals surface area contributed by atoms with Crippen LogP contribution in [-0.4, -0.2) is 55.0 Å². The summed E-state index contributed by atoms with van der Waals surface area (Å²) in [5, 5.41) is 2.17. The maximum atomic E-state index is 13.1. The van der Waals surface area contributed by atoms with Crippen LogP contribution >= 0.6 is 34.8 Å². The van der Waals surface area contributed by atoms with Crippen LogP contribution in [0.15, 0.2) is 36.4 Å². The number of rotatable bonds is 4. The Balaban J connectivity index is 1.28. The molecule has 4 rings (SSSR count). The van der Waals surface area contributed by atoms with Crippen LogP contribution in [0.25, 0.3) is 0 Å². The second-order valence-electron chi connectivity index (χ2n) is 8.49.